The molecule has 2 unspecified atom stereocenters. The van der Waals surface area contributed by atoms with E-state index in [-0.39, 0.29) is 11.7 Å². The van der Waals surface area contributed by atoms with Crippen molar-refractivity contribution in [1.82, 2.24) is 9.80 Å². The standard InChI is InChI=1S/C30H24N2O/c1-19-13-16-25-22-9-2-4-10-23(22)30(32(25)18-19)24-15-14-21-20-8-3-5-12-27(20)33-29(21)28(24)26-11-6-7-17-31(26)30/h2-14,16-17,24,26H,15,18H2,1H3/t24?,26?,30-/m1/s1. The smallest absolute Gasteiger partial charge is 0.148 e. The molecule has 3 nitrogen and oxygen atoms in total. The summed E-state index contributed by atoms with van der Waals surface area (Å²) in [6.07, 6.45) is 17.1. The summed E-state index contributed by atoms with van der Waals surface area (Å²) in [7, 11) is 0. The summed E-state index contributed by atoms with van der Waals surface area (Å²) in [6, 6.07) is 17.7. The molecular formula is C30H24N2O. The fraction of sp³-hybridized carbons (Fsp3) is 0.200. The Balaban J connectivity index is 1.50. The van der Waals surface area contributed by atoms with E-state index in [2.05, 4.69) is 108 Å². The number of benzene rings is 2. The van der Waals surface area contributed by atoms with Gasteiger partial charge in [0.15, 0.2) is 0 Å². The highest BCUT2D eigenvalue weighted by molar-refractivity contribution is 5.84. The third kappa shape index (κ3) is 1.98. The maximum absolute atomic E-state index is 6.60. The highest BCUT2D eigenvalue weighted by atomic mass is 16.3. The Bertz CT molecular complexity index is 1610. The van der Waals surface area contributed by atoms with E-state index in [1.165, 1.54) is 38.6 Å². The molecule has 33 heavy (non-hydrogen) atoms. The maximum atomic E-state index is 6.60. The van der Waals surface area contributed by atoms with E-state index in [4.69, 9.17) is 4.42 Å². The number of fused-ring (bicyclic) bond motifs is 13. The Hall–Kier alpha value is -3.72. The van der Waals surface area contributed by atoms with Gasteiger partial charge in [-0.05, 0) is 31.6 Å². The van der Waals surface area contributed by atoms with Gasteiger partial charge >= 0.3 is 0 Å². The molecule has 4 aliphatic heterocycles. The van der Waals surface area contributed by atoms with Gasteiger partial charge in [0.1, 0.15) is 16.7 Å². The number of hydrogen-bond acceptors (Lipinski definition) is 3. The van der Waals surface area contributed by atoms with Crippen LogP contribution in [0.25, 0.3) is 28.3 Å². The molecule has 0 radical (unpaired) electrons. The number of para-hydroxylation sites is 1. The number of hydrogen-bond donors (Lipinski definition) is 0. The molecule has 1 spiro atoms. The number of allylic oxidation sites excluding steroid dienone is 4. The number of rotatable bonds is 0. The van der Waals surface area contributed by atoms with E-state index >= 15 is 0 Å². The summed E-state index contributed by atoms with van der Waals surface area (Å²) in [5.41, 5.74) is 8.75. The van der Waals surface area contributed by atoms with Crippen molar-refractivity contribution < 1.29 is 4.42 Å². The van der Waals surface area contributed by atoms with Crippen LogP contribution in [0, 0.1) is 5.92 Å². The fourth-order valence-electron chi connectivity index (χ4n) is 7.05. The van der Waals surface area contributed by atoms with Crippen molar-refractivity contribution in [1.29, 1.82) is 0 Å². The molecule has 0 saturated carbocycles. The van der Waals surface area contributed by atoms with E-state index in [9.17, 15) is 0 Å². The Morgan fingerprint density at radius 2 is 1.88 bits per heavy atom. The Labute approximate surface area is 192 Å². The van der Waals surface area contributed by atoms with Crippen LogP contribution in [0.1, 0.15) is 24.5 Å². The highest BCUT2D eigenvalue weighted by Gasteiger charge is 2.63. The lowest BCUT2D eigenvalue weighted by molar-refractivity contribution is 0.0101. The molecule has 5 heterocycles. The molecule has 1 saturated heterocycles. The topological polar surface area (TPSA) is 19.6 Å². The van der Waals surface area contributed by atoms with Crippen molar-refractivity contribution in [3.8, 4) is 0 Å². The van der Waals surface area contributed by atoms with Gasteiger partial charge in [-0.3, -0.25) is 0 Å². The first kappa shape index (κ1) is 17.8. The van der Waals surface area contributed by atoms with Crippen molar-refractivity contribution >= 4 is 28.3 Å². The van der Waals surface area contributed by atoms with Crippen molar-refractivity contribution in [3.05, 3.63) is 112 Å². The second-order valence-electron chi connectivity index (χ2n) is 9.79. The van der Waals surface area contributed by atoms with Crippen LogP contribution in [0.3, 0.4) is 0 Å². The molecular weight excluding hydrogens is 404 g/mol. The predicted octanol–water partition coefficient (Wildman–Crippen LogP) is 4.62. The van der Waals surface area contributed by atoms with E-state index in [1.54, 1.807) is 0 Å². The molecule has 2 aromatic carbocycles. The van der Waals surface area contributed by atoms with Crippen molar-refractivity contribution in [2.75, 3.05) is 6.54 Å². The fourth-order valence-corrected chi connectivity index (χ4v) is 7.05. The Morgan fingerprint density at radius 3 is 2.85 bits per heavy atom. The molecule has 1 aromatic heterocycles. The molecule has 3 atom stereocenters. The van der Waals surface area contributed by atoms with Crippen molar-refractivity contribution in [2.24, 2.45) is 5.92 Å². The summed E-state index contributed by atoms with van der Waals surface area (Å²) in [6.45, 7) is 3.19. The van der Waals surface area contributed by atoms with Gasteiger partial charge in [0.2, 0.25) is 0 Å². The second kappa shape index (κ2) is 5.99. The third-order valence-electron chi connectivity index (χ3n) is 8.21. The minimum Gasteiger partial charge on any atom is -0.456 e. The van der Waals surface area contributed by atoms with Gasteiger partial charge in [-0.25, -0.2) is 0 Å². The summed E-state index contributed by atoms with van der Waals surface area (Å²) < 4.78 is 6.60. The molecule has 1 fully saturated rings. The molecule has 160 valence electrons. The predicted molar refractivity (Wildman–Crippen MR) is 132 cm³/mol. The van der Waals surface area contributed by atoms with Gasteiger partial charge in [-0.1, -0.05) is 72.3 Å². The number of furan rings is 1. The van der Waals surface area contributed by atoms with E-state index < -0.39 is 0 Å². The lowest BCUT2D eigenvalue weighted by Crippen LogP contribution is -2.54. The van der Waals surface area contributed by atoms with Crippen LogP contribution in [0.4, 0.5) is 0 Å². The van der Waals surface area contributed by atoms with Crippen LogP contribution in [0.15, 0.2) is 95.1 Å². The largest absolute Gasteiger partial charge is 0.456 e. The third-order valence-corrected chi connectivity index (χ3v) is 8.21. The van der Waals surface area contributed by atoms with Crippen LogP contribution in [-0.4, -0.2) is 22.4 Å². The molecule has 0 N–H and O–H groups in total. The van der Waals surface area contributed by atoms with Gasteiger partial charge in [-0.2, -0.15) is 0 Å². The lowest BCUT2D eigenvalue weighted by atomic mass is 9.79. The Kier molecular flexibility index (Phi) is 3.23. The van der Waals surface area contributed by atoms with Crippen LogP contribution >= 0.6 is 0 Å². The maximum Gasteiger partial charge on any atom is 0.148 e. The lowest BCUT2D eigenvalue weighted by Gasteiger charge is -2.49. The molecule has 8 rings (SSSR count). The normalized spacial score (nSPS) is 28.2. The molecule has 5 aliphatic rings. The highest BCUT2D eigenvalue weighted by Crippen LogP contribution is 2.62. The average Bonchev–Trinajstić information content (AvgIpc) is 3.47. The minimum absolute atomic E-state index is 0.187. The monoisotopic (exact) mass is 428 g/mol. The van der Waals surface area contributed by atoms with Crippen molar-refractivity contribution in [2.45, 2.75) is 25.0 Å². The summed E-state index contributed by atoms with van der Waals surface area (Å²) in [5.74, 6) is 0.306. The first-order valence-corrected chi connectivity index (χ1v) is 11.9. The van der Waals surface area contributed by atoms with Crippen LogP contribution < -0.4 is 10.6 Å². The first-order valence-electron chi connectivity index (χ1n) is 11.9. The van der Waals surface area contributed by atoms with Gasteiger partial charge in [-0.15, -0.1) is 0 Å². The molecule has 3 heteroatoms. The zero-order valence-electron chi connectivity index (χ0n) is 18.5. The average molecular weight is 429 g/mol. The zero-order chi connectivity index (χ0) is 21.7. The molecule has 0 amide bonds. The quantitative estimate of drug-likeness (QED) is 0.521. The molecule has 0 bridgehead atoms. The summed E-state index contributed by atoms with van der Waals surface area (Å²) in [5, 5.41) is 2.50. The van der Waals surface area contributed by atoms with Crippen molar-refractivity contribution in [3.63, 3.8) is 0 Å². The SMILES string of the molecule is CC1=CC=C2c3ccccc3[C@]3(C4CC=c5c(oc6ccccc56)=C4C4C=CC=CN43)N2C1. The van der Waals surface area contributed by atoms with Gasteiger partial charge in [0, 0.05) is 51.7 Å². The first-order chi connectivity index (χ1) is 16.3. The van der Waals surface area contributed by atoms with Gasteiger partial charge in [0.25, 0.3) is 0 Å². The second-order valence-corrected chi connectivity index (χ2v) is 9.79. The molecule has 3 aromatic rings. The van der Waals surface area contributed by atoms with Crippen LogP contribution in [0.2, 0.25) is 0 Å². The van der Waals surface area contributed by atoms with E-state index in [0.29, 0.717) is 5.92 Å². The zero-order valence-corrected chi connectivity index (χ0v) is 18.5. The van der Waals surface area contributed by atoms with Crippen LogP contribution in [0.5, 0.6) is 0 Å². The van der Waals surface area contributed by atoms with Gasteiger partial charge < -0.3 is 14.2 Å². The van der Waals surface area contributed by atoms with Crippen LogP contribution in [-0.2, 0) is 5.66 Å². The molecule has 1 aliphatic carbocycles. The van der Waals surface area contributed by atoms with E-state index in [0.717, 1.165) is 24.0 Å². The Morgan fingerprint density at radius 1 is 1.00 bits per heavy atom. The summed E-state index contributed by atoms with van der Waals surface area (Å²) >= 11 is 0. The minimum atomic E-state index is -0.258. The van der Waals surface area contributed by atoms with Gasteiger partial charge in [0.05, 0.1) is 6.04 Å². The summed E-state index contributed by atoms with van der Waals surface area (Å²) in [4.78, 5) is 5.28. The number of nitrogens with zero attached hydrogens (tertiary/aromatic N) is 2. The van der Waals surface area contributed by atoms with E-state index in [1.807, 2.05) is 0 Å².